The zero-order valence-corrected chi connectivity index (χ0v) is 15.8. The van der Waals surface area contributed by atoms with Crippen LogP contribution >= 0.6 is 0 Å². The third kappa shape index (κ3) is 6.47. The minimum absolute atomic E-state index is 0.392. The molecule has 2 aliphatic rings. The van der Waals surface area contributed by atoms with E-state index in [9.17, 15) is 0 Å². The van der Waals surface area contributed by atoms with Gasteiger partial charge in [0.15, 0.2) is 0 Å². The Bertz CT molecular complexity index is 681. The fourth-order valence-corrected chi connectivity index (χ4v) is 2.89. The monoisotopic (exact) mass is 364 g/mol. The van der Waals surface area contributed by atoms with E-state index in [-0.39, 0.29) is 0 Å². The summed E-state index contributed by atoms with van der Waals surface area (Å²) >= 11 is 0. The number of rotatable bonds is 9. The molecule has 4 rings (SSSR count). The Morgan fingerprint density at radius 3 is 1.56 bits per heavy atom. The van der Waals surface area contributed by atoms with Crippen molar-refractivity contribution in [1.82, 2.24) is 0 Å². The average Bonchev–Trinajstić information content (AvgIpc) is 3.60. The molecule has 0 spiro atoms. The Balaban J connectivity index is 0.000000193. The minimum Gasteiger partial charge on any atom is -0.376 e. The van der Waals surface area contributed by atoms with E-state index in [0.717, 1.165) is 39.3 Å². The summed E-state index contributed by atoms with van der Waals surface area (Å²) in [7, 11) is 0. The second-order valence-corrected chi connectivity index (χ2v) is 6.75. The molecule has 2 atom stereocenters. The van der Waals surface area contributed by atoms with Crippen molar-refractivity contribution in [2.45, 2.75) is 25.0 Å². The molecule has 27 heavy (non-hydrogen) atoms. The first kappa shape index (κ1) is 19.6. The van der Waals surface area contributed by atoms with Crippen LogP contribution < -0.4 is 0 Å². The molecule has 0 aromatic heterocycles. The summed E-state index contributed by atoms with van der Waals surface area (Å²) in [5, 5.41) is 0. The Hall–Kier alpha value is -2.20. The molecular formula is C24H28O3. The van der Waals surface area contributed by atoms with E-state index in [4.69, 9.17) is 14.2 Å². The van der Waals surface area contributed by atoms with Gasteiger partial charge in [-0.1, -0.05) is 60.7 Å². The van der Waals surface area contributed by atoms with E-state index in [0.29, 0.717) is 12.2 Å². The molecule has 2 heterocycles. The first-order valence-corrected chi connectivity index (χ1v) is 9.50. The van der Waals surface area contributed by atoms with Gasteiger partial charge >= 0.3 is 0 Å². The van der Waals surface area contributed by atoms with Crippen LogP contribution in [-0.2, 0) is 27.1 Å². The molecule has 0 amide bonds. The minimum atomic E-state index is 0.392. The lowest BCUT2D eigenvalue weighted by molar-refractivity contribution is 0.102. The van der Waals surface area contributed by atoms with Crippen molar-refractivity contribution >= 4 is 0 Å². The van der Waals surface area contributed by atoms with Gasteiger partial charge in [-0.2, -0.15) is 0 Å². The van der Waals surface area contributed by atoms with Crippen molar-refractivity contribution in [2.75, 3.05) is 26.4 Å². The van der Waals surface area contributed by atoms with Crippen molar-refractivity contribution in [3.8, 4) is 11.1 Å². The van der Waals surface area contributed by atoms with Crippen LogP contribution in [0.1, 0.15) is 11.1 Å². The van der Waals surface area contributed by atoms with Crippen LogP contribution in [0.4, 0.5) is 0 Å². The van der Waals surface area contributed by atoms with Gasteiger partial charge in [0.1, 0.15) is 12.2 Å². The largest absolute Gasteiger partial charge is 0.376 e. The Kier molecular flexibility index (Phi) is 7.40. The van der Waals surface area contributed by atoms with Gasteiger partial charge in [0.05, 0.1) is 26.4 Å². The van der Waals surface area contributed by atoms with Crippen molar-refractivity contribution < 1.29 is 14.2 Å². The summed E-state index contributed by atoms with van der Waals surface area (Å²) in [6.45, 7) is 10.9. The van der Waals surface area contributed by atoms with E-state index >= 15 is 0 Å². The average molecular weight is 364 g/mol. The summed E-state index contributed by atoms with van der Waals surface area (Å²) in [5.74, 6) is 0. The van der Waals surface area contributed by atoms with E-state index < -0.39 is 0 Å². The van der Waals surface area contributed by atoms with Crippen molar-refractivity contribution in [2.24, 2.45) is 0 Å². The fourth-order valence-electron chi connectivity index (χ4n) is 2.89. The smallest absolute Gasteiger partial charge is 0.104 e. The number of ether oxygens (including phenoxy) is 3. The third-order valence-electron chi connectivity index (χ3n) is 4.47. The number of hydrogen-bond acceptors (Lipinski definition) is 3. The Labute approximate surface area is 162 Å². The summed E-state index contributed by atoms with van der Waals surface area (Å²) in [4.78, 5) is 0. The molecule has 142 valence electrons. The van der Waals surface area contributed by atoms with E-state index in [2.05, 4.69) is 61.7 Å². The summed E-state index contributed by atoms with van der Waals surface area (Å²) in [6.07, 6.45) is 6.49. The van der Waals surface area contributed by atoms with Crippen LogP contribution in [0.3, 0.4) is 0 Å². The number of epoxide rings is 2. The lowest BCUT2D eigenvalue weighted by atomic mass is 9.93. The molecule has 2 aromatic carbocycles. The maximum absolute atomic E-state index is 5.23. The van der Waals surface area contributed by atoms with Crippen LogP contribution in [0.5, 0.6) is 0 Å². The molecular weight excluding hydrogens is 336 g/mol. The highest BCUT2D eigenvalue weighted by Crippen LogP contribution is 2.28. The second-order valence-electron chi connectivity index (χ2n) is 6.75. The van der Waals surface area contributed by atoms with Gasteiger partial charge in [0.2, 0.25) is 0 Å². The highest BCUT2D eigenvalue weighted by molar-refractivity contribution is 5.71. The first-order valence-electron chi connectivity index (χ1n) is 9.50. The molecule has 0 aliphatic carbocycles. The Morgan fingerprint density at radius 2 is 1.19 bits per heavy atom. The van der Waals surface area contributed by atoms with Gasteiger partial charge in [0.25, 0.3) is 0 Å². The predicted molar refractivity (Wildman–Crippen MR) is 110 cm³/mol. The topological polar surface area (TPSA) is 34.3 Å². The van der Waals surface area contributed by atoms with E-state index in [1.54, 1.807) is 0 Å². The van der Waals surface area contributed by atoms with Crippen molar-refractivity contribution in [3.63, 3.8) is 0 Å². The van der Waals surface area contributed by atoms with Gasteiger partial charge < -0.3 is 14.2 Å². The molecule has 3 nitrogen and oxygen atoms in total. The zero-order chi connectivity index (χ0) is 18.9. The van der Waals surface area contributed by atoms with Crippen LogP contribution in [0.2, 0.25) is 0 Å². The van der Waals surface area contributed by atoms with Crippen molar-refractivity contribution in [1.29, 1.82) is 0 Å². The highest BCUT2D eigenvalue weighted by Gasteiger charge is 2.26. The molecule has 3 heteroatoms. The molecule has 2 saturated heterocycles. The standard InChI is InChI=1S/C18H18.C6H10O3/c1-3-9-15-11-5-7-13-17(15)18-14-8-6-12-16(18)10-4-2;1(5-3-8-5)7-2-6-4-9-6/h3-8,11-14H,1-2,9-10H2;5-6H,1-4H2. The molecule has 0 bridgehead atoms. The molecule has 0 saturated carbocycles. The quantitative estimate of drug-likeness (QED) is 0.481. The highest BCUT2D eigenvalue weighted by atomic mass is 16.6. The summed E-state index contributed by atoms with van der Waals surface area (Å²) in [6, 6.07) is 17.0. The molecule has 0 N–H and O–H groups in total. The van der Waals surface area contributed by atoms with E-state index in [1.807, 2.05) is 12.2 Å². The maximum Gasteiger partial charge on any atom is 0.104 e. The lowest BCUT2D eigenvalue weighted by Gasteiger charge is -2.12. The summed E-state index contributed by atoms with van der Waals surface area (Å²) in [5.41, 5.74) is 5.25. The van der Waals surface area contributed by atoms with E-state index in [1.165, 1.54) is 22.3 Å². The van der Waals surface area contributed by atoms with Gasteiger partial charge in [0, 0.05) is 0 Å². The van der Waals surface area contributed by atoms with Crippen LogP contribution in [-0.4, -0.2) is 38.6 Å². The van der Waals surface area contributed by atoms with Crippen LogP contribution in [0.25, 0.3) is 11.1 Å². The zero-order valence-electron chi connectivity index (χ0n) is 15.8. The first-order chi connectivity index (χ1) is 13.3. The number of benzene rings is 2. The van der Waals surface area contributed by atoms with Gasteiger partial charge in [-0.05, 0) is 35.1 Å². The molecule has 2 aromatic rings. The predicted octanol–water partition coefficient (Wildman–Crippen LogP) is 4.61. The second kappa shape index (κ2) is 10.2. The van der Waals surface area contributed by atoms with Gasteiger partial charge in [-0.25, -0.2) is 0 Å². The third-order valence-corrected chi connectivity index (χ3v) is 4.47. The summed E-state index contributed by atoms with van der Waals surface area (Å²) < 4.78 is 15.1. The molecule has 0 radical (unpaired) electrons. The fraction of sp³-hybridized carbons (Fsp3) is 0.333. The van der Waals surface area contributed by atoms with Crippen LogP contribution in [0, 0.1) is 0 Å². The number of hydrogen-bond donors (Lipinski definition) is 0. The maximum atomic E-state index is 5.23. The van der Waals surface area contributed by atoms with Crippen LogP contribution in [0.15, 0.2) is 73.8 Å². The molecule has 2 fully saturated rings. The van der Waals surface area contributed by atoms with Gasteiger partial charge in [-0.15, -0.1) is 13.2 Å². The number of allylic oxidation sites excluding steroid dienone is 2. The van der Waals surface area contributed by atoms with Gasteiger partial charge in [-0.3, -0.25) is 0 Å². The molecule has 2 aliphatic heterocycles. The normalized spacial score (nSPS) is 19.6. The van der Waals surface area contributed by atoms with Crippen molar-refractivity contribution in [3.05, 3.63) is 85.0 Å². The SMILES string of the molecule is C(OCC1CO1)C1CO1.C=CCc1ccccc1-c1ccccc1CC=C. The lowest BCUT2D eigenvalue weighted by Crippen LogP contribution is -2.06. The Morgan fingerprint density at radius 1 is 0.778 bits per heavy atom. The molecule has 2 unspecified atom stereocenters.